The molecule has 4 rings (SSSR count). The molecular formula is C31H39N3O3S. The van der Waals surface area contributed by atoms with E-state index in [1.165, 1.54) is 33.6 Å². The van der Waals surface area contributed by atoms with Gasteiger partial charge in [0.2, 0.25) is 5.91 Å². The second-order valence-electron chi connectivity index (χ2n) is 10.2. The van der Waals surface area contributed by atoms with Crippen LogP contribution in [0.3, 0.4) is 0 Å². The molecule has 1 aliphatic rings. The Labute approximate surface area is 230 Å². The first-order valence-corrected chi connectivity index (χ1v) is 14.7. The number of aryl methyl sites for hydroxylation is 3. The SMILES string of the molecule is Cc1ncsc1-c1ccc([C@@H](C)CC(=O)NCCCCCCNC(=O)COc2ccc3c(c2)CCC3)cc1. The molecule has 2 amide bonds. The average Bonchev–Trinajstić information content (AvgIpc) is 3.57. The van der Waals surface area contributed by atoms with Crippen LogP contribution in [-0.4, -0.2) is 36.5 Å². The van der Waals surface area contributed by atoms with Crippen molar-refractivity contribution in [2.24, 2.45) is 0 Å². The molecule has 38 heavy (non-hydrogen) atoms. The number of amides is 2. The highest BCUT2D eigenvalue weighted by atomic mass is 32.1. The zero-order valence-electron chi connectivity index (χ0n) is 22.6. The van der Waals surface area contributed by atoms with Gasteiger partial charge in [0.25, 0.3) is 5.91 Å². The van der Waals surface area contributed by atoms with E-state index in [1.807, 2.05) is 18.5 Å². The third-order valence-corrected chi connectivity index (χ3v) is 8.14. The molecule has 0 saturated heterocycles. The van der Waals surface area contributed by atoms with E-state index < -0.39 is 0 Å². The Hall–Kier alpha value is -3.19. The molecule has 1 atom stereocenters. The van der Waals surface area contributed by atoms with Gasteiger partial charge in [0.05, 0.1) is 16.1 Å². The molecule has 7 heteroatoms. The molecule has 0 saturated carbocycles. The number of aromatic nitrogens is 1. The van der Waals surface area contributed by atoms with Crippen LogP contribution in [0.2, 0.25) is 0 Å². The Morgan fingerprint density at radius 2 is 1.66 bits per heavy atom. The van der Waals surface area contributed by atoms with Crippen molar-refractivity contribution in [2.45, 2.75) is 71.1 Å². The molecule has 2 N–H and O–H groups in total. The summed E-state index contributed by atoms with van der Waals surface area (Å²) >= 11 is 1.65. The fourth-order valence-electron chi connectivity index (χ4n) is 4.91. The molecule has 202 valence electrons. The van der Waals surface area contributed by atoms with E-state index in [4.69, 9.17) is 4.74 Å². The normalized spacial score (nSPS) is 13.1. The number of carbonyl (C=O) groups excluding carboxylic acids is 2. The topological polar surface area (TPSA) is 80.3 Å². The van der Waals surface area contributed by atoms with E-state index in [9.17, 15) is 9.59 Å². The zero-order valence-corrected chi connectivity index (χ0v) is 23.4. The first kappa shape index (κ1) is 27.8. The maximum Gasteiger partial charge on any atom is 0.257 e. The number of fused-ring (bicyclic) bond motifs is 1. The number of benzene rings is 2. The van der Waals surface area contributed by atoms with Crippen molar-refractivity contribution in [3.63, 3.8) is 0 Å². The summed E-state index contributed by atoms with van der Waals surface area (Å²) in [6.45, 7) is 5.52. The molecule has 0 unspecified atom stereocenters. The van der Waals surface area contributed by atoms with E-state index in [2.05, 4.69) is 58.9 Å². The van der Waals surface area contributed by atoms with Gasteiger partial charge in [-0.1, -0.05) is 50.1 Å². The lowest BCUT2D eigenvalue weighted by molar-refractivity contribution is -0.123. The minimum Gasteiger partial charge on any atom is -0.484 e. The van der Waals surface area contributed by atoms with Crippen molar-refractivity contribution in [3.05, 3.63) is 70.4 Å². The van der Waals surface area contributed by atoms with Crippen LogP contribution in [0.1, 0.15) is 73.8 Å². The lowest BCUT2D eigenvalue weighted by atomic mass is 9.96. The lowest BCUT2D eigenvalue weighted by Gasteiger charge is -2.13. The number of thiazole rings is 1. The van der Waals surface area contributed by atoms with Crippen LogP contribution in [0.5, 0.6) is 5.75 Å². The average molecular weight is 534 g/mol. The Balaban J connectivity index is 1.01. The van der Waals surface area contributed by atoms with Crippen LogP contribution < -0.4 is 15.4 Å². The number of unbranched alkanes of at least 4 members (excludes halogenated alkanes) is 3. The first-order chi connectivity index (χ1) is 18.5. The molecule has 1 heterocycles. The van der Waals surface area contributed by atoms with Crippen LogP contribution in [0, 0.1) is 6.92 Å². The molecule has 3 aromatic rings. The predicted molar refractivity (Wildman–Crippen MR) is 154 cm³/mol. The number of nitrogens with zero attached hydrogens (tertiary/aromatic N) is 1. The van der Waals surface area contributed by atoms with Gasteiger partial charge in [-0.15, -0.1) is 11.3 Å². The van der Waals surface area contributed by atoms with Crippen molar-refractivity contribution in [2.75, 3.05) is 19.7 Å². The molecular weight excluding hydrogens is 494 g/mol. The highest BCUT2D eigenvalue weighted by Crippen LogP contribution is 2.29. The number of nitrogens with one attached hydrogen (secondary N) is 2. The summed E-state index contributed by atoms with van der Waals surface area (Å²) in [6, 6.07) is 14.6. The molecule has 0 aliphatic heterocycles. The number of rotatable bonds is 14. The van der Waals surface area contributed by atoms with Gasteiger partial charge in [0.15, 0.2) is 6.61 Å². The van der Waals surface area contributed by atoms with Crippen molar-refractivity contribution in [1.82, 2.24) is 15.6 Å². The van der Waals surface area contributed by atoms with E-state index >= 15 is 0 Å². The number of ether oxygens (including phenoxy) is 1. The van der Waals surface area contributed by atoms with Gasteiger partial charge in [-0.3, -0.25) is 9.59 Å². The summed E-state index contributed by atoms with van der Waals surface area (Å²) in [5, 5.41) is 5.98. The first-order valence-electron chi connectivity index (χ1n) is 13.8. The van der Waals surface area contributed by atoms with Crippen LogP contribution in [0.25, 0.3) is 10.4 Å². The summed E-state index contributed by atoms with van der Waals surface area (Å²) in [5.74, 6) is 0.953. The zero-order chi connectivity index (χ0) is 26.7. The van der Waals surface area contributed by atoms with E-state index in [0.29, 0.717) is 19.5 Å². The highest BCUT2D eigenvalue weighted by molar-refractivity contribution is 7.13. The van der Waals surface area contributed by atoms with E-state index in [1.54, 1.807) is 11.3 Å². The number of hydrogen-bond acceptors (Lipinski definition) is 5. The summed E-state index contributed by atoms with van der Waals surface area (Å²) in [6.07, 6.45) is 7.84. The summed E-state index contributed by atoms with van der Waals surface area (Å²) in [5.41, 5.74) is 8.02. The van der Waals surface area contributed by atoms with E-state index in [-0.39, 0.29) is 24.3 Å². The summed E-state index contributed by atoms with van der Waals surface area (Å²) in [7, 11) is 0. The van der Waals surface area contributed by atoms with Gasteiger partial charge in [0, 0.05) is 19.5 Å². The lowest BCUT2D eigenvalue weighted by Crippen LogP contribution is -2.29. The fraction of sp³-hybridized carbons (Fsp3) is 0.452. The van der Waals surface area contributed by atoms with Crippen molar-refractivity contribution < 1.29 is 14.3 Å². The molecule has 0 bridgehead atoms. The Kier molecular flexibility index (Phi) is 10.3. The minimum absolute atomic E-state index is 0.0547. The molecule has 0 radical (unpaired) electrons. The van der Waals surface area contributed by atoms with Crippen LogP contribution in [0.15, 0.2) is 48.0 Å². The van der Waals surface area contributed by atoms with Crippen molar-refractivity contribution in [1.29, 1.82) is 0 Å². The smallest absolute Gasteiger partial charge is 0.257 e. The standard InChI is InChI=1S/C31H39N3O3S/c1-22(24-10-12-26(13-11-24)31-23(2)34-21-38-31)18-29(35)32-16-5-3-4-6-17-33-30(36)20-37-28-15-14-25-8-7-9-27(25)19-28/h10-15,19,21-22H,3-9,16-18,20H2,1-2H3,(H,32,35)(H,33,36)/t22-/m0/s1. The van der Waals surface area contributed by atoms with Gasteiger partial charge >= 0.3 is 0 Å². The fourth-order valence-corrected chi connectivity index (χ4v) is 5.72. The number of carbonyl (C=O) groups is 2. The third-order valence-electron chi connectivity index (χ3n) is 7.17. The maximum atomic E-state index is 12.4. The maximum absolute atomic E-state index is 12.4. The third kappa shape index (κ3) is 8.15. The van der Waals surface area contributed by atoms with E-state index in [0.717, 1.165) is 50.0 Å². The molecule has 2 aromatic carbocycles. The van der Waals surface area contributed by atoms with Crippen molar-refractivity contribution >= 4 is 23.2 Å². The Morgan fingerprint density at radius 3 is 2.37 bits per heavy atom. The highest BCUT2D eigenvalue weighted by Gasteiger charge is 2.13. The summed E-state index contributed by atoms with van der Waals surface area (Å²) in [4.78, 5) is 29.9. The second kappa shape index (κ2) is 14.1. The summed E-state index contributed by atoms with van der Waals surface area (Å²) < 4.78 is 5.65. The number of hydrogen-bond donors (Lipinski definition) is 2. The molecule has 1 aliphatic carbocycles. The quantitative estimate of drug-likeness (QED) is 0.250. The molecule has 1 aromatic heterocycles. The predicted octanol–water partition coefficient (Wildman–Crippen LogP) is 5.97. The van der Waals surface area contributed by atoms with Crippen LogP contribution in [-0.2, 0) is 22.4 Å². The van der Waals surface area contributed by atoms with Gasteiger partial charge in [-0.25, -0.2) is 4.98 Å². The second-order valence-corrected chi connectivity index (χ2v) is 11.0. The Bertz CT molecular complexity index is 1210. The largest absolute Gasteiger partial charge is 0.484 e. The van der Waals surface area contributed by atoms with Crippen molar-refractivity contribution in [3.8, 4) is 16.2 Å². The Morgan fingerprint density at radius 1 is 0.947 bits per heavy atom. The van der Waals surface area contributed by atoms with Gasteiger partial charge in [0.1, 0.15) is 5.75 Å². The van der Waals surface area contributed by atoms with Gasteiger partial charge in [-0.2, -0.15) is 0 Å². The molecule has 0 fully saturated rings. The van der Waals surface area contributed by atoms with Gasteiger partial charge in [-0.05, 0) is 79.3 Å². The monoisotopic (exact) mass is 533 g/mol. The molecule has 0 spiro atoms. The molecule has 6 nitrogen and oxygen atoms in total. The van der Waals surface area contributed by atoms with Crippen LogP contribution >= 0.6 is 11.3 Å². The minimum atomic E-state index is -0.0832. The van der Waals surface area contributed by atoms with Gasteiger partial charge < -0.3 is 15.4 Å². The van der Waals surface area contributed by atoms with Crippen LogP contribution in [0.4, 0.5) is 0 Å².